The van der Waals surface area contributed by atoms with Crippen molar-refractivity contribution in [3.8, 4) is 11.4 Å². The first kappa shape index (κ1) is 23.3. The highest BCUT2D eigenvalue weighted by Gasteiger charge is 2.28. The molecule has 0 aliphatic heterocycles. The van der Waals surface area contributed by atoms with Crippen LogP contribution in [0.25, 0.3) is 17.5 Å². The first-order chi connectivity index (χ1) is 17.5. The van der Waals surface area contributed by atoms with Gasteiger partial charge in [0.25, 0.3) is 5.91 Å². The molecule has 0 bridgehead atoms. The van der Waals surface area contributed by atoms with Crippen LogP contribution in [0.5, 0.6) is 0 Å². The maximum atomic E-state index is 12.6. The van der Waals surface area contributed by atoms with Gasteiger partial charge in [0.15, 0.2) is 6.61 Å². The Morgan fingerprint density at radius 1 is 0.972 bits per heavy atom. The smallest absolute Gasteiger partial charge is 0.331 e. The Bertz CT molecular complexity index is 1420. The minimum atomic E-state index is -0.605. The predicted molar refractivity (Wildman–Crippen MR) is 137 cm³/mol. The fourth-order valence-electron chi connectivity index (χ4n) is 4.06. The average Bonchev–Trinajstić information content (AvgIpc) is 3.60. The van der Waals surface area contributed by atoms with Crippen LogP contribution < -0.4 is 5.32 Å². The standard InChI is InChI=1S/C28H27N5O3/c1-19-24(20(2)32(30-19)22-9-5-3-6-10-22)15-16-28(35)36-18-27(34)29-26-17-25(21-13-14-21)31-33(26)23-11-7-4-8-12-23/h3-12,15-17,21H,13-14,18H2,1-2H3,(H,29,34)/b16-15+. The molecule has 1 aliphatic rings. The quantitative estimate of drug-likeness (QED) is 0.290. The number of esters is 1. The van der Waals surface area contributed by atoms with Crippen molar-refractivity contribution in [1.29, 1.82) is 0 Å². The molecule has 2 aromatic heterocycles. The lowest BCUT2D eigenvalue weighted by Gasteiger charge is -2.08. The number of ether oxygens (including phenoxy) is 1. The van der Waals surface area contributed by atoms with E-state index in [1.165, 1.54) is 6.08 Å². The zero-order valence-corrected chi connectivity index (χ0v) is 20.2. The monoisotopic (exact) mass is 481 g/mol. The van der Waals surface area contributed by atoms with E-state index < -0.39 is 18.5 Å². The summed E-state index contributed by atoms with van der Waals surface area (Å²) in [6.45, 7) is 3.43. The van der Waals surface area contributed by atoms with Crippen LogP contribution in [0.2, 0.25) is 0 Å². The van der Waals surface area contributed by atoms with Crippen molar-refractivity contribution in [2.75, 3.05) is 11.9 Å². The van der Waals surface area contributed by atoms with Crippen LogP contribution in [0.3, 0.4) is 0 Å². The molecule has 4 aromatic rings. The van der Waals surface area contributed by atoms with Gasteiger partial charge in [-0.15, -0.1) is 0 Å². The van der Waals surface area contributed by atoms with Gasteiger partial charge in [-0.1, -0.05) is 36.4 Å². The van der Waals surface area contributed by atoms with Crippen molar-refractivity contribution in [3.63, 3.8) is 0 Å². The Balaban J connectivity index is 1.22. The SMILES string of the molecule is Cc1nn(-c2ccccc2)c(C)c1/C=C/C(=O)OCC(=O)Nc1cc(C2CC2)nn1-c1ccccc1. The van der Waals surface area contributed by atoms with E-state index in [0.717, 1.165) is 46.9 Å². The molecule has 1 N–H and O–H groups in total. The molecule has 182 valence electrons. The summed E-state index contributed by atoms with van der Waals surface area (Å²) in [5.74, 6) is -0.0434. The van der Waals surface area contributed by atoms with Gasteiger partial charge in [-0.3, -0.25) is 4.79 Å². The van der Waals surface area contributed by atoms with Gasteiger partial charge in [0.05, 0.1) is 22.8 Å². The summed E-state index contributed by atoms with van der Waals surface area (Å²) in [6, 6.07) is 21.3. The largest absolute Gasteiger partial charge is 0.452 e. The number of carbonyl (C=O) groups is 2. The number of carbonyl (C=O) groups excluding carboxylic acids is 2. The molecule has 0 saturated heterocycles. The van der Waals surface area contributed by atoms with Crippen LogP contribution >= 0.6 is 0 Å². The molecule has 0 radical (unpaired) electrons. The normalized spacial score (nSPS) is 13.2. The minimum absolute atomic E-state index is 0.400. The number of anilines is 1. The van der Waals surface area contributed by atoms with Crippen LogP contribution in [0.15, 0.2) is 72.8 Å². The number of benzene rings is 2. The third kappa shape index (κ3) is 5.12. The number of aromatic nitrogens is 4. The van der Waals surface area contributed by atoms with Crippen molar-refractivity contribution in [2.24, 2.45) is 0 Å². The zero-order valence-electron chi connectivity index (χ0n) is 20.2. The summed E-state index contributed by atoms with van der Waals surface area (Å²) >= 11 is 0. The topological polar surface area (TPSA) is 91.0 Å². The first-order valence-corrected chi connectivity index (χ1v) is 11.9. The highest BCUT2D eigenvalue weighted by Crippen LogP contribution is 2.40. The molecule has 0 atom stereocenters. The second kappa shape index (κ2) is 10.0. The van der Waals surface area contributed by atoms with E-state index in [1.54, 1.807) is 10.8 Å². The number of para-hydroxylation sites is 2. The Morgan fingerprint density at radius 2 is 1.61 bits per heavy atom. The second-order valence-corrected chi connectivity index (χ2v) is 8.80. The summed E-state index contributed by atoms with van der Waals surface area (Å²) in [5, 5.41) is 12.1. The van der Waals surface area contributed by atoms with Gasteiger partial charge >= 0.3 is 5.97 Å². The molecule has 1 saturated carbocycles. The summed E-state index contributed by atoms with van der Waals surface area (Å²) < 4.78 is 8.73. The lowest BCUT2D eigenvalue weighted by molar-refractivity contribution is -0.142. The van der Waals surface area contributed by atoms with Gasteiger partial charge in [0, 0.05) is 29.3 Å². The molecule has 36 heavy (non-hydrogen) atoms. The Morgan fingerprint density at radius 3 is 2.25 bits per heavy atom. The first-order valence-electron chi connectivity index (χ1n) is 11.9. The van der Waals surface area contributed by atoms with Gasteiger partial charge in [0.2, 0.25) is 0 Å². The fraction of sp³-hybridized carbons (Fsp3) is 0.214. The van der Waals surface area contributed by atoms with Crippen molar-refractivity contribution < 1.29 is 14.3 Å². The number of amides is 1. The highest BCUT2D eigenvalue weighted by molar-refractivity contribution is 5.94. The Labute approximate surface area is 209 Å². The minimum Gasteiger partial charge on any atom is -0.452 e. The van der Waals surface area contributed by atoms with Crippen LogP contribution in [0.4, 0.5) is 5.82 Å². The van der Waals surface area contributed by atoms with E-state index in [2.05, 4.69) is 15.5 Å². The van der Waals surface area contributed by atoms with Gasteiger partial charge in [-0.05, 0) is 57.0 Å². The number of hydrogen-bond donors (Lipinski definition) is 1. The highest BCUT2D eigenvalue weighted by atomic mass is 16.5. The number of rotatable bonds is 8. The van der Waals surface area contributed by atoms with E-state index >= 15 is 0 Å². The lowest BCUT2D eigenvalue weighted by atomic mass is 10.2. The summed E-state index contributed by atoms with van der Waals surface area (Å²) in [5.41, 5.74) is 5.27. The Kier molecular flexibility index (Phi) is 6.49. The van der Waals surface area contributed by atoms with Gasteiger partial charge in [-0.25, -0.2) is 14.2 Å². The summed E-state index contributed by atoms with van der Waals surface area (Å²) in [7, 11) is 0. The Hall–Kier alpha value is -4.46. The van der Waals surface area contributed by atoms with E-state index in [1.807, 2.05) is 85.3 Å². The van der Waals surface area contributed by atoms with E-state index in [0.29, 0.717) is 11.7 Å². The summed E-state index contributed by atoms with van der Waals surface area (Å²) in [4.78, 5) is 24.9. The number of aryl methyl sites for hydroxylation is 1. The molecule has 1 fully saturated rings. The predicted octanol–water partition coefficient (Wildman–Crippen LogP) is 4.75. The van der Waals surface area contributed by atoms with Crippen LogP contribution in [-0.4, -0.2) is 38.0 Å². The van der Waals surface area contributed by atoms with Crippen LogP contribution in [0.1, 0.15) is 41.4 Å². The molecule has 2 aromatic carbocycles. The third-order valence-corrected chi connectivity index (χ3v) is 6.07. The molecular formula is C28H27N5O3. The maximum absolute atomic E-state index is 12.6. The van der Waals surface area contributed by atoms with E-state index in [4.69, 9.17) is 4.74 Å². The average molecular weight is 482 g/mol. The molecule has 1 aliphatic carbocycles. The maximum Gasteiger partial charge on any atom is 0.331 e. The van der Waals surface area contributed by atoms with Crippen molar-refractivity contribution in [3.05, 3.63) is 95.5 Å². The molecule has 8 heteroatoms. The second-order valence-electron chi connectivity index (χ2n) is 8.80. The van der Waals surface area contributed by atoms with Crippen molar-refractivity contribution in [2.45, 2.75) is 32.6 Å². The summed E-state index contributed by atoms with van der Waals surface area (Å²) in [6.07, 6.45) is 5.20. The van der Waals surface area contributed by atoms with Crippen LogP contribution in [0, 0.1) is 13.8 Å². The molecule has 2 heterocycles. The van der Waals surface area contributed by atoms with Gasteiger partial charge in [-0.2, -0.15) is 10.2 Å². The van der Waals surface area contributed by atoms with Gasteiger partial charge < -0.3 is 10.1 Å². The van der Waals surface area contributed by atoms with Crippen LogP contribution in [-0.2, 0) is 14.3 Å². The van der Waals surface area contributed by atoms with E-state index in [9.17, 15) is 9.59 Å². The number of nitrogens with one attached hydrogen (secondary N) is 1. The molecule has 8 nitrogen and oxygen atoms in total. The zero-order chi connectivity index (χ0) is 25.1. The molecular weight excluding hydrogens is 454 g/mol. The van der Waals surface area contributed by atoms with Crippen molar-refractivity contribution >= 4 is 23.8 Å². The third-order valence-electron chi connectivity index (χ3n) is 6.07. The molecule has 0 spiro atoms. The molecule has 5 rings (SSSR count). The number of nitrogens with zero attached hydrogens (tertiary/aromatic N) is 4. The van der Waals surface area contributed by atoms with Crippen molar-refractivity contribution in [1.82, 2.24) is 19.6 Å². The molecule has 0 unspecified atom stereocenters. The van der Waals surface area contributed by atoms with Gasteiger partial charge in [0.1, 0.15) is 5.82 Å². The number of hydrogen-bond acceptors (Lipinski definition) is 5. The lowest BCUT2D eigenvalue weighted by Crippen LogP contribution is -2.21. The molecule has 1 amide bonds. The van der Waals surface area contributed by atoms with E-state index in [-0.39, 0.29) is 0 Å². The fourth-order valence-corrected chi connectivity index (χ4v) is 4.06.